The summed E-state index contributed by atoms with van der Waals surface area (Å²) in [4.78, 5) is 12.5. The maximum absolute atomic E-state index is 4.37. The molecule has 0 radical (unpaired) electrons. The molecule has 0 aliphatic rings. The average Bonchev–Trinajstić information content (AvgIpc) is 2.94. The zero-order chi connectivity index (χ0) is 12.8. The molecular formula is C12H17IN6. The molecule has 0 spiro atoms. The second-order valence-corrected chi connectivity index (χ2v) is 3.63. The normalized spacial score (nSPS) is 10.7. The molecule has 0 saturated heterocycles. The van der Waals surface area contributed by atoms with Gasteiger partial charge in [-0.3, -0.25) is 9.56 Å². The van der Waals surface area contributed by atoms with Crippen molar-refractivity contribution in [3.63, 3.8) is 0 Å². The highest BCUT2D eigenvalue weighted by Gasteiger charge is 2.05. The lowest BCUT2D eigenvalue weighted by atomic mass is 10.2. The van der Waals surface area contributed by atoms with Gasteiger partial charge in [-0.2, -0.15) is 0 Å². The molecule has 0 saturated carbocycles. The van der Waals surface area contributed by atoms with Crippen molar-refractivity contribution >= 4 is 29.9 Å². The largest absolute Gasteiger partial charge is 0.359 e. The number of nitrogens with one attached hydrogen (secondary N) is 2. The molecule has 0 bridgehead atoms. The first kappa shape index (κ1) is 15.4. The first-order chi connectivity index (χ1) is 8.85. The van der Waals surface area contributed by atoms with E-state index in [2.05, 4.69) is 25.6 Å². The Morgan fingerprint density at radius 3 is 2.89 bits per heavy atom. The van der Waals surface area contributed by atoms with E-state index in [9.17, 15) is 0 Å². The van der Waals surface area contributed by atoms with Crippen molar-refractivity contribution in [2.75, 3.05) is 14.1 Å². The third-order valence-electron chi connectivity index (χ3n) is 2.52. The molecule has 6 nitrogen and oxygen atoms in total. The smallest absolute Gasteiger partial charge is 0.190 e. The van der Waals surface area contributed by atoms with Crippen LogP contribution in [0.2, 0.25) is 0 Å². The van der Waals surface area contributed by atoms with E-state index in [1.165, 1.54) is 0 Å². The van der Waals surface area contributed by atoms with E-state index in [1.807, 2.05) is 29.9 Å². The monoisotopic (exact) mass is 372 g/mol. The first-order valence-corrected chi connectivity index (χ1v) is 5.65. The van der Waals surface area contributed by atoms with E-state index in [4.69, 9.17) is 0 Å². The molecule has 0 aliphatic heterocycles. The van der Waals surface area contributed by atoms with Gasteiger partial charge in [0.05, 0.1) is 0 Å². The predicted molar refractivity (Wildman–Crippen MR) is 86.0 cm³/mol. The number of aromatic nitrogens is 3. The van der Waals surface area contributed by atoms with Crippen LogP contribution in [0.15, 0.2) is 42.0 Å². The molecule has 0 fully saturated rings. The third-order valence-corrected chi connectivity index (χ3v) is 2.52. The molecule has 7 heteroatoms. The summed E-state index contributed by atoms with van der Waals surface area (Å²) in [6.07, 6.45) is 7.11. The molecule has 0 aliphatic carbocycles. The van der Waals surface area contributed by atoms with Gasteiger partial charge in [-0.05, 0) is 6.07 Å². The summed E-state index contributed by atoms with van der Waals surface area (Å²) in [6, 6.07) is 3.94. The summed E-state index contributed by atoms with van der Waals surface area (Å²) in [6.45, 7) is 0.648. The summed E-state index contributed by atoms with van der Waals surface area (Å²) in [5.74, 6) is 1.62. The number of nitrogens with zero attached hydrogens (tertiary/aromatic N) is 4. The van der Waals surface area contributed by atoms with Crippen LogP contribution in [0.1, 0.15) is 5.56 Å². The van der Waals surface area contributed by atoms with Crippen molar-refractivity contribution in [1.29, 1.82) is 0 Å². The molecule has 102 valence electrons. The second kappa shape index (κ2) is 7.72. The average molecular weight is 372 g/mol. The topological polar surface area (TPSA) is 67.1 Å². The summed E-state index contributed by atoms with van der Waals surface area (Å²) in [7, 11) is 3.56. The van der Waals surface area contributed by atoms with Gasteiger partial charge in [-0.15, -0.1) is 24.0 Å². The minimum atomic E-state index is 0. The van der Waals surface area contributed by atoms with E-state index in [1.54, 1.807) is 25.8 Å². The van der Waals surface area contributed by atoms with Crippen LogP contribution in [0.25, 0.3) is 5.82 Å². The highest BCUT2D eigenvalue weighted by atomic mass is 127. The van der Waals surface area contributed by atoms with Crippen molar-refractivity contribution < 1.29 is 0 Å². The van der Waals surface area contributed by atoms with Crippen molar-refractivity contribution in [3.05, 3.63) is 42.6 Å². The van der Waals surface area contributed by atoms with Gasteiger partial charge in [0, 0.05) is 44.8 Å². The Bertz CT molecular complexity index is 523. The fraction of sp³-hybridized carbons (Fsp3) is 0.250. The van der Waals surface area contributed by atoms with Gasteiger partial charge in [0.25, 0.3) is 0 Å². The van der Waals surface area contributed by atoms with Gasteiger partial charge in [0.2, 0.25) is 0 Å². The summed E-state index contributed by atoms with van der Waals surface area (Å²) < 4.78 is 1.89. The maximum Gasteiger partial charge on any atom is 0.190 e. The summed E-state index contributed by atoms with van der Waals surface area (Å²) in [5, 5.41) is 6.18. The Morgan fingerprint density at radius 1 is 1.42 bits per heavy atom. The van der Waals surface area contributed by atoms with Crippen LogP contribution in [0.5, 0.6) is 0 Å². The summed E-state index contributed by atoms with van der Waals surface area (Å²) >= 11 is 0. The number of imidazole rings is 1. The number of pyridine rings is 1. The Hall–Kier alpha value is -1.64. The van der Waals surface area contributed by atoms with Gasteiger partial charge < -0.3 is 10.6 Å². The number of hydrogen-bond donors (Lipinski definition) is 2. The van der Waals surface area contributed by atoms with Crippen molar-refractivity contribution in [1.82, 2.24) is 25.2 Å². The lowest BCUT2D eigenvalue weighted by molar-refractivity contribution is 0.839. The van der Waals surface area contributed by atoms with Crippen LogP contribution in [0, 0.1) is 0 Å². The number of guanidine groups is 1. The second-order valence-electron chi connectivity index (χ2n) is 3.63. The van der Waals surface area contributed by atoms with Crippen LogP contribution >= 0.6 is 24.0 Å². The van der Waals surface area contributed by atoms with E-state index in [0.717, 1.165) is 17.3 Å². The standard InChI is InChI=1S/C12H16N6.HI/c1-13-12(14-2)17-8-10-4-3-5-16-11(10)18-7-6-15-9-18;/h3-7,9H,8H2,1-2H3,(H2,13,14,17);1H. The van der Waals surface area contributed by atoms with Crippen molar-refractivity contribution in [2.24, 2.45) is 4.99 Å². The summed E-state index contributed by atoms with van der Waals surface area (Å²) in [5.41, 5.74) is 1.08. The number of hydrogen-bond acceptors (Lipinski definition) is 3. The van der Waals surface area contributed by atoms with Crippen LogP contribution in [-0.2, 0) is 6.54 Å². The van der Waals surface area contributed by atoms with Gasteiger partial charge in [-0.25, -0.2) is 9.97 Å². The van der Waals surface area contributed by atoms with Crippen molar-refractivity contribution in [2.45, 2.75) is 6.54 Å². The van der Waals surface area contributed by atoms with E-state index >= 15 is 0 Å². The van der Waals surface area contributed by atoms with Crippen LogP contribution in [0.3, 0.4) is 0 Å². The van der Waals surface area contributed by atoms with E-state index in [0.29, 0.717) is 6.54 Å². The molecule has 19 heavy (non-hydrogen) atoms. The molecule has 2 aromatic rings. The molecule has 0 aromatic carbocycles. The molecule has 2 heterocycles. The highest BCUT2D eigenvalue weighted by Crippen LogP contribution is 2.10. The number of aliphatic imine (C=N–C) groups is 1. The van der Waals surface area contributed by atoms with Gasteiger partial charge in [0.15, 0.2) is 5.96 Å². The molecule has 0 amide bonds. The Morgan fingerprint density at radius 2 is 2.26 bits per heavy atom. The lowest BCUT2D eigenvalue weighted by Gasteiger charge is -2.11. The lowest BCUT2D eigenvalue weighted by Crippen LogP contribution is -2.34. The number of rotatable bonds is 3. The molecule has 0 atom stereocenters. The fourth-order valence-corrected chi connectivity index (χ4v) is 1.64. The van der Waals surface area contributed by atoms with E-state index in [-0.39, 0.29) is 24.0 Å². The predicted octanol–water partition coefficient (Wildman–Crippen LogP) is 1.18. The zero-order valence-electron chi connectivity index (χ0n) is 10.9. The molecule has 2 rings (SSSR count). The minimum absolute atomic E-state index is 0. The van der Waals surface area contributed by atoms with Crippen LogP contribution < -0.4 is 10.6 Å². The van der Waals surface area contributed by atoms with Gasteiger partial charge in [0.1, 0.15) is 12.1 Å². The quantitative estimate of drug-likeness (QED) is 0.483. The van der Waals surface area contributed by atoms with Crippen molar-refractivity contribution in [3.8, 4) is 5.82 Å². The molecule has 2 N–H and O–H groups in total. The highest BCUT2D eigenvalue weighted by molar-refractivity contribution is 14.0. The van der Waals surface area contributed by atoms with Crippen LogP contribution in [-0.4, -0.2) is 34.6 Å². The fourth-order valence-electron chi connectivity index (χ4n) is 1.64. The van der Waals surface area contributed by atoms with Gasteiger partial charge >= 0.3 is 0 Å². The number of halogens is 1. The molecular weight excluding hydrogens is 355 g/mol. The Balaban J connectivity index is 0.00000180. The first-order valence-electron chi connectivity index (χ1n) is 5.65. The van der Waals surface area contributed by atoms with Crippen LogP contribution in [0.4, 0.5) is 0 Å². The third kappa shape index (κ3) is 3.91. The Kier molecular flexibility index (Phi) is 6.26. The SMILES string of the molecule is CN=C(NC)NCc1cccnc1-n1ccnc1.I. The molecule has 0 unspecified atom stereocenters. The van der Waals surface area contributed by atoms with Gasteiger partial charge in [-0.1, -0.05) is 6.07 Å². The van der Waals surface area contributed by atoms with E-state index < -0.39 is 0 Å². The zero-order valence-corrected chi connectivity index (χ0v) is 13.2. The Labute approximate surface area is 129 Å². The minimum Gasteiger partial charge on any atom is -0.359 e. The maximum atomic E-state index is 4.37. The molecule has 2 aromatic heterocycles.